The summed E-state index contributed by atoms with van der Waals surface area (Å²) in [6, 6.07) is 13.3. The molecule has 0 aliphatic rings. The zero-order chi connectivity index (χ0) is 18.2. The molecule has 2 rings (SSSR count). The molecule has 0 atom stereocenters. The van der Waals surface area contributed by atoms with Gasteiger partial charge in [0.2, 0.25) is 5.12 Å². The molecule has 2 aromatic rings. The minimum Gasteiger partial charge on any atom is -0.484 e. The van der Waals surface area contributed by atoms with Crippen LogP contribution in [0.4, 0.5) is 5.69 Å². The molecule has 6 heteroatoms. The van der Waals surface area contributed by atoms with Crippen LogP contribution in [0.5, 0.6) is 5.75 Å². The molecule has 0 aromatic heterocycles. The van der Waals surface area contributed by atoms with E-state index in [1.807, 2.05) is 6.92 Å². The molecule has 1 N–H and O–H groups in total. The standard InChI is InChI=1S/C19H19NO4S/c1-3-25-19(23)15-4-8-16(9-5-15)20-18(22)12-24-17-10-6-14(7-11-17)13(2)21/h4-11H,3,12H2,1-2H3,(H,20,22). The van der Waals surface area contributed by atoms with Gasteiger partial charge in [-0.1, -0.05) is 18.7 Å². The van der Waals surface area contributed by atoms with E-state index in [0.29, 0.717) is 22.6 Å². The van der Waals surface area contributed by atoms with Gasteiger partial charge in [-0.2, -0.15) is 0 Å². The number of ether oxygens (including phenoxy) is 1. The van der Waals surface area contributed by atoms with Gasteiger partial charge in [-0.3, -0.25) is 14.4 Å². The van der Waals surface area contributed by atoms with Crippen molar-refractivity contribution in [3.8, 4) is 5.75 Å². The van der Waals surface area contributed by atoms with Crippen LogP contribution in [0, 0.1) is 0 Å². The number of Topliss-reactive ketones (excluding diaryl/α,β-unsaturated/α-hetero) is 1. The Labute approximate surface area is 150 Å². The van der Waals surface area contributed by atoms with Gasteiger partial charge < -0.3 is 10.1 Å². The number of carbonyl (C=O) groups excluding carboxylic acids is 3. The van der Waals surface area contributed by atoms with Gasteiger partial charge in [0.05, 0.1) is 0 Å². The summed E-state index contributed by atoms with van der Waals surface area (Å²) in [5, 5.41) is 2.72. The number of carbonyl (C=O) groups is 3. The predicted molar refractivity (Wildman–Crippen MR) is 99.5 cm³/mol. The van der Waals surface area contributed by atoms with E-state index in [0.717, 1.165) is 5.75 Å². The molecule has 0 aliphatic heterocycles. The molecule has 2 aromatic carbocycles. The van der Waals surface area contributed by atoms with Crippen LogP contribution in [-0.4, -0.2) is 29.2 Å². The van der Waals surface area contributed by atoms with Crippen LogP contribution >= 0.6 is 11.8 Å². The van der Waals surface area contributed by atoms with Crippen LogP contribution in [0.2, 0.25) is 0 Å². The van der Waals surface area contributed by atoms with E-state index < -0.39 is 0 Å². The third-order valence-corrected chi connectivity index (χ3v) is 4.10. The van der Waals surface area contributed by atoms with Gasteiger partial charge in [-0.05, 0) is 61.2 Å². The molecule has 0 unspecified atom stereocenters. The van der Waals surface area contributed by atoms with E-state index in [4.69, 9.17) is 4.74 Å². The number of benzene rings is 2. The van der Waals surface area contributed by atoms with Gasteiger partial charge in [0.25, 0.3) is 5.91 Å². The first-order valence-electron chi connectivity index (χ1n) is 7.80. The molecular formula is C19H19NO4S. The van der Waals surface area contributed by atoms with Crippen molar-refractivity contribution in [1.29, 1.82) is 0 Å². The average Bonchev–Trinajstić information content (AvgIpc) is 2.61. The Morgan fingerprint density at radius 1 is 0.960 bits per heavy atom. The molecular weight excluding hydrogens is 338 g/mol. The average molecular weight is 357 g/mol. The van der Waals surface area contributed by atoms with Crippen LogP contribution in [-0.2, 0) is 4.79 Å². The second-order valence-corrected chi connectivity index (χ2v) is 6.45. The van der Waals surface area contributed by atoms with Crippen molar-refractivity contribution in [3.05, 3.63) is 59.7 Å². The summed E-state index contributed by atoms with van der Waals surface area (Å²) in [4.78, 5) is 34.9. The van der Waals surface area contributed by atoms with Gasteiger partial charge >= 0.3 is 0 Å². The van der Waals surface area contributed by atoms with E-state index in [1.54, 1.807) is 48.5 Å². The Bertz CT molecular complexity index is 754. The highest BCUT2D eigenvalue weighted by Gasteiger charge is 2.07. The summed E-state index contributed by atoms with van der Waals surface area (Å²) in [5.74, 6) is 0.904. The third-order valence-electron chi connectivity index (χ3n) is 3.31. The summed E-state index contributed by atoms with van der Waals surface area (Å²) in [5.41, 5.74) is 1.79. The van der Waals surface area contributed by atoms with Crippen LogP contribution in [0.3, 0.4) is 0 Å². The highest BCUT2D eigenvalue weighted by atomic mass is 32.2. The number of anilines is 1. The van der Waals surface area contributed by atoms with Crippen LogP contribution in [0.1, 0.15) is 34.6 Å². The molecule has 130 valence electrons. The zero-order valence-corrected chi connectivity index (χ0v) is 14.9. The summed E-state index contributed by atoms with van der Waals surface area (Å²) in [6.07, 6.45) is 0. The summed E-state index contributed by atoms with van der Waals surface area (Å²) in [6.45, 7) is 3.26. The summed E-state index contributed by atoms with van der Waals surface area (Å²) >= 11 is 1.25. The van der Waals surface area contributed by atoms with Crippen molar-refractivity contribution in [2.24, 2.45) is 0 Å². The van der Waals surface area contributed by atoms with Crippen LogP contribution < -0.4 is 10.1 Å². The Morgan fingerprint density at radius 3 is 2.12 bits per heavy atom. The van der Waals surface area contributed by atoms with Crippen molar-refractivity contribution < 1.29 is 19.1 Å². The summed E-state index contributed by atoms with van der Waals surface area (Å²) < 4.78 is 5.39. The number of hydrogen-bond donors (Lipinski definition) is 1. The predicted octanol–water partition coefficient (Wildman–Crippen LogP) is 3.80. The fourth-order valence-corrected chi connectivity index (χ4v) is 2.60. The van der Waals surface area contributed by atoms with Gasteiger partial charge in [0.1, 0.15) is 5.75 Å². The highest BCUT2D eigenvalue weighted by molar-refractivity contribution is 8.14. The van der Waals surface area contributed by atoms with Crippen molar-refractivity contribution >= 4 is 34.3 Å². The minimum atomic E-state index is -0.308. The quantitative estimate of drug-likeness (QED) is 0.763. The largest absolute Gasteiger partial charge is 0.484 e. The molecule has 0 bridgehead atoms. The minimum absolute atomic E-state index is 0.0118. The lowest BCUT2D eigenvalue weighted by Crippen LogP contribution is -2.20. The van der Waals surface area contributed by atoms with E-state index in [9.17, 15) is 14.4 Å². The van der Waals surface area contributed by atoms with Crippen molar-refractivity contribution in [2.45, 2.75) is 13.8 Å². The summed E-state index contributed by atoms with van der Waals surface area (Å²) in [7, 11) is 0. The second kappa shape index (κ2) is 9.03. The molecule has 0 heterocycles. The van der Waals surface area contributed by atoms with Gasteiger partial charge in [0, 0.05) is 16.8 Å². The van der Waals surface area contributed by atoms with E-state index in [2.05, 4.69) is 5.32 Å². The molecule has 25 heavy (non-hydrogen) atoms. The fraction of sp³-hybridized carbons (Fsp3) is 0.211. The number of thioether (sulfide) groups is 1. The SMILES string of the molecule is CCSC(=O)c1ccc(NC(=O)COc2ccc(C(C)=O)cc2)cc1. The number of rotatable bonds is 7. The molecule has 0 aliphatic carbocycles. The molecule has 5 nitrogen and oxygen atoms in total. The molecule has 1 amide bonds. The first-order valence-corrected chi connectivity index (χ1v) is 8.79. The fourth-order valence-electron chi connectivity index (χ4n) is 2.04. The molecule has 0 saturated carbocycles. The first kappa shape index (κ1) is 18.7. The molecule has 0 spiro atoms. The Balaban J connectivity index is 1.85. The van der Waals surface area contributed by atoms with Crippen LogP contribution in [0.15, 0.2) is 48.5 Å². The van der Waals surface area contributed by atoms with Crippen molar-refractivity contribution in [3.63, 3.8) is 0 Å². The van der Waals surface area contributed by atoms with Gasteiger partial charge in [-0.15, -0.1) is 0 Å². The molecule has 0 saturated heterocycles. The van der Waals surface area contributed by atoms with Crippen LogP contribution in [0.25, 0.3) is 0 Å². The molecule has 0 radical (unpaired) electrons. The maximum atomic E-state index is 11.9. The van der Waals surface area contributed by atoms with Crippen molar-refractivity contribution in [1.82, 2.24) is 0 Å². The maximum absolute atomic E-state index is 11.9. The first-order chi connectivity index (χ1) is 12.0. The lowest BCUT2D eigenvalue weighted by atomic mass is 10.1. The lowest BCUT2D eigenvalue weighted by Gasteiger charge is -2.08. The maximum Gasteiger partial charge on any atom is 0.262 e. The lowest BCUT2D eigenvalue weighted by molar-refractivity contribution is -0.118. The number of nitrogens with one attached hydrogen (secondary N) is 1. The normalized spacial score (nSPS) is 10.2. The van der Waals surface area contributed by atoms with Gasteiger partial charge in [-0.25, -0.2) is 0 Å². The topological polar surface area (TPSA) is 72.5 Å². The Morgan fingerprint density at radius 2 is 1.56 bits per heavy atom. The molecule has 0 fully saturated rings. The van der Waals surface area contributed by atoms with Gasteiger partial charge in [0.15, 0.2) is 12.4 Å². The Kier molecular flexibility index (Phi) is 6.77. The number of hydrogen-bond acceptors (Lipinski definition) is 5. The third kappa shape index (κ3) is 5.76. The monoisotopic (exact) mass is 357 g/mol. The highest BCUT2D eigenvalue weighted by Crippen LogP contribution is 2.16. The smallest absolute Gasteiger partial charge is 0.262 e. The van der Waals surface area contributed by atoms with E-state index in [-0.39, 0.29) is 23.4 Å². The second-order valence-electron chi connectivity index (χ2n) is 5.22. The number of amides is 1. The van der Waals surface area contributed by atoms with E-state index >= 15 is 0 Å². The van der Waals surface area contributed by atoms with Crippen molar-refractivity contribution in [2.75, 3.05) is 17.7 Å². The zero-order valence-electron chi connectivity index (χ0n) is 14.1. The van der Waals surface area contributed by atoms with E-state index in [1.165, 1.54) is 18.7 Å². The number of ketones is 1. The Hall–Kier alpha value is -2.60.